The van der Waals surface area contributed by atoms with Gasteiger partial charge in [0, 0.05) is 6.04 Å². The first-order valence-electron chi connectivity index (χ1n) is 12.7. The molecule has 1 aromatic carbocycles. The van der Waals surface area contributed by atoms with Crippen molar-refractivity contribution in [2.45, 2.75) is 51.0 Å². The number of nitrogens with two attached hydrogens (primary N) is 2. The summed E-state index contributed by atoms with van der Waals surface area (Å²) < 4.78 is 21.2. The molecule has 0 bridgehead atoms. The number of aryl methyl sites for hydroxylation is 1. The number of primary amides is 1. The Balaban J connectivity index is 1.35. The highest BCUT2D eigenvalue weighted by Gasteiger charge is 2.32. The number of benzene rings is 1. The quantitative estimate of drug-likeness (QED) is 0.254. The van der Waals surface area contributed by atoms with Crippen molar-refractivity contribution in [3.8, 4) is 5.69 Å². The summed E-state index contributed by atoms with van der Waals surface area (Å²) in [4.78, 5) is 22.3. The number of carbonyl (C=O) groups excluding carboxylic acids is 1. The van der Waals surface area contributed by atoms with Gasteiger partial charge in [0.15, 0.2) is 11.6 Å². The Morgan fingerprint density at radius 2 is 1.92 bits per heavy atom. The Morgan fingerprint density at radius 1 is 1.15 bits per heavy atom. The molecule has 0 radical (unpaired) electrons. The molecule has 1 fully saturated rings. The minimum absolute atomic E-state index is 0.0410. The van der Waals surface area contributed by atoms with E-state index in [1.165, 1.54) is 4.80 Å². The van der Waals surface area contributed by atoms with Crippen LogP contribution in [-0.2, 0) is 11.3 Å². The fourth-order valence-electron chi connectivity index (χ4n) is 4.64. The Labute approximate surface area is 224 Å². The van der Waals surface area contributed by atoms with Crippen LogP contribution in [0.15, 0.2) is 61.1 Å². The van der Waals surface area contributed by atoms with Crippen molar-refractivity contribution in [1.82, 2.24) is 25.0 Å². The molecule has 0 saturated heterocycles. The molecule has 5 rings (SSSR count). The van der Waals surface area contributed by atoms with Crippen LogP contribution in [0.25, 0.3) is 5.69 Å². The Kier molecular flexibility index (Phi) is 7.75. The van der Waals surface area contributed by atoms with Gasteiger partial charge in [-0.25, -0.2) is 9.37 Å². The van der Waals surface area contributed by atoms with E-state index in [1.54, 1.807) is 24.7 Å². The SMILES string of the molecule is Cc1ncc(Nc2nc(NC3CCC[C@H](OCc4ccccc4)C3N)c(F)cc2C(N)=O)cc1-n1nccn1. The van der Waals surface area contributed by atoms with Crippen LogP contribution in [0.4, 0.5) is 21.7 Å². The first kappa shape index (κ1) is 26.2. The van der Waals surface area contributed by atoms with Crippen molar-refractivity contribution < 1.29 is 13.9 Å². The number of pyridine rings is 2. The molecule has 3 aromatic heterocycles. The predicted molar refractivity (Wildman–Crippen MR) is 144 cm³/mol. The van der Waals surface area contributed by atoms with Crippen LogP contribution in [0.3, 0.4) is 0 Å². The number of amides is 1. The van der Waals surface area contributed by atoms with Crippen LogP contribution in [0.1, 0.15) is 40.9 Å². The van der Waals surface area contributed by atoms with E-state index in [9.17, 15) is 4.79 Å². The van der Waals surface area contributed by atoms with Crippen molar-refractivity contribution in [2.75, 3.05) is 10.6 Å². The van der Waals surface area contributed by atoms with E-state index >= 15 is 4.39 Å². The lowest BCUT2D eigenvalue weighted by molar-refractivity contribution is 0.000681. The van der Waals surface area contributed by atoms with Gasteiger partial charge in [0.25, 0.3) is 5.91 Å². The Hall–Kier alpha value is -4.42. The number of hydrogen-bond acceptors (Lipinski definition) is 9. The monoisotopic (exact) mass is 531 g/mol. The van der Waals surface area contributed by atoms with Gasteiger partial charge in [-0.05, 0) is 43.9 Å². The van der Waals surface area contributed by atoms with E-state index in [0.717, 1.165) is 30.9 Å². The zero-order valence-electron chi connectivity index (χ0n) is 21.4. The van der Waals surface area contributed by atoms with Gasteiger partial charge in [-0.2, -0.15) is 10.2 Å². The predicted octanol–water partition coefficient (Wildman–Crippen LogP) is 3.22. The molecular formula is C27H30FN9O2. The number of rotatable bonds is 9. The third-order valence-electron chi connectivity index (χ3n) is 6.73. The molecule has 0 spiro atoms. The number of aromatic nitrogens is 5. The van der Waals surface area contributed by atoms with Crippen LogP contribution in [0.5, 0.6) is 0 Å². The van der Waals surface area contributed by atoms with Gasteiger partial charge in [-0.1, -0.05) is 30.3 Å². The molecule has 1 amide bonds. The zero-order chi connectivity index (χ0) is 27.4. The minimum Gasteiger partial charge on any atom is -0.372 e. The second-order valence-corrected chi connectivity index (χ2v) is 9.45. The van der Waals surface area contributed by atoms with Gasteiger partial charge in [-0.15, -0.1) is 4.80 Å². The maximum Gasteiger partial charge on any atom is 0.252 e. The smallest absolute Gasteiger partial charge is 0.252 e. The van der Waals surface area contributed by atoms with Crippen molar-refractivity contribution in [1.29, 1.82) is 0 Å². The fraction of sp³-hybridized carbons (Fsp3) is 0.296. The topological polar surface area (TPSA) is 159 Å². The first-order chi connectivity index (χ1) is 18.9. The number of ether oxygens (including phenoxy) is 1. The molecule has 4 aromatic rings. The van der Waals surface area contributed by atoms with Crippen LogP contribution < -0.4 is 22.1 Å². The molecule has 12 heteroatoms. The van der Waals surface area contributed by atoms with Crippen LogP contribution in [-0.4, -0.2) is 49.1 Å². The normalized spacial score (nSPS) is 19.0. The summed E-state index contributed by atoms with van der Waals surface area (Å²) in [6, 6.07) is 12.0. The van der Waals surface area contributed by atoms with E-state index in [1.807, 2.05) is 37.3 Å². The zero-order valence-corrected chi connectivity index (χ0v) is 21.4. The standard InChI is InChI=1S/C27H30FN9O2/c1-16-22(37-32-10-11-33-37)12-18(14-31-16)34-26-19(25(30)38)13-20(28)27(36-26)35-21-8-5-9-23(24(21)29)39-15-17-6-3-2-4-7-17/h2-4,6-7,10-14,21,23-24H,5,8-9,15,29H2,1H3,(H2,30,38)(H2,34,35,36)/t21?,23-,24?/m0/s1. The Morgan fingerprint density at radius 3 is 2.67 bits per heavy atom. The van der Waals surface area contributed by atoms with E-state index in [0.29, 0.717) is 23.7 Å². The van der Waals surface area contributed by atoms with Crippen molar-refractivity contribution >= 4 is 23.2 Å². The summed E-state index contributed by atoms with van der Waals surface area (Å²) in [5.41, 5.74) is 14.9. The minimum atomic E-state index is -0.826. The van der Waals surface area contributed by atoms with Gasteiger partial charge >= 0.3 is 0 Å². The number of hydrogen-bond donors (Lipinski definition) is 4. The fourth-order valence-corrected chi connectivity index (χ4v) is 4.64. The summed E-state index contributed by atoms with van der Waals surface area (Å²) in [6.07, 6.45) is 6.86. The van der Waals surface area contributed by atoms with E-state index in [2.05, 4.69) is 30.8 Å². The van der Waals surface area contributed by atoms with Gasteiger partial charge in [0.05, 0.1) is 54.3 Å². The molecule has 1 aliphatic carbocycles. The van der Waals surface area contributed by atoms with Crippen molar-refractivity contribution in [2.24, 2.45) is 11.5 Å². The van der Waals surface area contributed by atoms with Gasteiger partial charge in [0.1, 0.15) is 11.5 Å². The largest absolute Gasteiger partial charge is 0.372 e. The third kappa shape index (κ3) is 6.02. The molecule has 39 heavy (non-hydrogen) atoms. The van der Waals surface area contributed by atoms with E-state index in [4.69, 9.17) is 16.2 Å². The number of nitrogens with one attached hydrogen (secondary N) is 2. The average molecular weight is 532 g/mol. The number of nitrogens with zero attached hydrogens (tertiary/aromatic N) is 5. The summed E-state index contributed by atoms with van der Waals surface area (Å²) in [5.74, 6) is -1.50. The highest BCUT2D eigenvalue weighted by molar-refractivity contribution is 5.98. The lowest BCUT2D eigenvalue weighted by atomic mass is 9.88. The molecule has 202 valence electrons. The van der Waals surface area contributed by atoms with Crippen LogP contribution in [0.2, 0.25) is 0 Å². The molecule has 6 N–H and O–H groups in total. The molecular weight excluding hydrogens is 501 g/mol. The van der Waals surface area contributed by atoms with Crippen molar-refractivity contribution in [3.63, 3.8) is 0 Å². The molecule has 0 aliphatic heterocycles. The Bertz CT molecular complexity index is 1430. The second kappa shape index (κ2) is 11.5. The number of anilines is 3. The number of halogens is 1. The lowest BCUT2D eigenvalue weighted by Crippen LogP contribution is -2.52. The highest BCUT2D eigenvalue weighted by Crippen LogP contribution is 2.28. The summed E-state index contributed by atoms with van der Waals surface area (Å²) >= 11 is 0. The van der Waals surface area contributed by atoms with Crippen molar-refractivity contribution in [3.05, 3.63) is 83.7 Å². The van der Waals surface area contributed by atoms with E-state index < -0.39 is 11.7 Å². The van der Waals surface area contributed by atoms with Gasteiger partial charge in [-0.3, -0.25) is 9.78 Å². The molecule has 11 nitrogen and oxygen atoms in total. The second-order valence-electron chi connectivity index (χ2n) is 9.45. The molecule has 3 atom stereocenters. The van der Waals surface area contributed by atoms with E-state index in [-0.39, 0.29) is 35.4 Å². The molecule has 2 unspecified atom stereocenters. The summed E-state index contributed by atoms with van der Waals surface area (Å²) in [5, 5.41) is 14.5. The lowest BCUT2D eigenvalue weighted by Gasteiger charge is -2.36. The maximum atomic E-state index is 15.1. The average Bonchev–Trinajstić information content (AvgIpc) is 3.47. The number of carbonyl (C=O) groups is 1. The summed E-state index contributed by atoms with van der Waals surface area (Å²) in [6.45, 7) is 2.26. The molecule has 1 aliphatic rings. The summed E-state index contributed by atoms with van der Waals surface area (Å²) in [7, 11) is 0. The third-order valence-corrected chi connectivity index (χ3v) is 6.73. The van der Waals surface area contributed by atoms with Gasteiger partial charge < -0.3 is 26.8 Å². The highest BCUT2D eigenvalue weighted by atomic mass is 19.1. The van der Waals surface area contributed by atoms with Crippen LogP contribution in [0, 0.1) is 12.7 Å². The molecule has 3 heterocycles. The van der Waals surface area contributed by atoms with Gasteiger partial charge in [0.2, 0.25) is 0 Å². The maximum absolute atomic E-state index is 15.1. The first-order valence-corrected chi connectivity index (χ1v) is 12.7. The van der Waals surface area contributed by atoms with Crippen LogP contribution >= 0.6 is 0 Å². The molecule has 1 saturated carbocycles.